The molecule has 2 aromatic rings. The number of benzene rings is 1. The van der Waals surface area contributed by atoms with Crippen molar-refractivity contribution in [1.82, 2.24) is 4.90 Å². The number of para-hydroxylation sites is 1. The van der Waals surface area contributed by atoms with Gasteiger partial charge in [0.1, 0.15) is 5.58 Å². The quantitative estimate of drug-likeness (QED) is 0.875. The maximum Gasteiger partial charge on any atom is 0.289 e. The highest BCUT2D eigenvalue weighted by molar-refractivity contribution is 5.93. The molecule has 1 aliphatic heterocycles. The molecule has 0 aliphatic carbocycles. The maximum absolute atomic E-state index is 12.6. The van der Waals surface area contributed by atoms with Gasteiger partial charge in [0.25, 0.3) is 5.91 Å². The van der Waals surface area contributed by atoms with Crippen molar-refractivity contribution < 1.29 is 14.3 Å². The first kappa shape index (κ1) is 14.8. The van der Waals surface area contributed by atoms with Gasteiger partial charge < -0.3 is 14.4 Å². The molecule has 1 aliphatic rings. The molecule has 1 atom stereocenters. The van der Waals surface area contributed by atoms with Crippen LogP contribution in [0.1, 0.15) is 31.3 Å². The highest BCUT2D eigenvalue weighted by Crippen LogP contribution is 2.38. The van der Waals surface area contributed by atoms with E-state index in [2.05, 4.69) is 0 Å². The van der Waals surface area contributed by atoms with Crippen LogP contribution in [0.3, 0.4) is 0 Å². The Hall–Kier alpha value is -2.14. The van der Waals surface area contributed by atoms with E-state index < -0.39 is 11.0 Å². The summed E-state index contributed by atoms with van der Waals surface area (Å²) < 4.78 is 5.58. The molecule has 0 radical (unpaired) electrons. The Balaban J connectivity index is 1.99. The lowest BCUT2D eigenvalue weighted by Crippen LogP contribution is -2.40. The molecule has 1 saturated heterocycles. The van der Waals surface area contributed by atoms with Crippen molar-refractivity contribution in [1.29, 1.82) is 0 Å². The Morgan fingerprint density at radius 2 is 1.91 bits per heavy atom. The summed E-state index contributed by atoms with van der Waals surface area (Å²) in [5, 5.41) is 10.9. The average Bonchev–Trinajstić information content (AvgIpc) is 2.66. The number of hydrogen-bond donors (Lipinski definition) is 1. The molecule has 2 heterocycles. The van der Waals surface area contributed by atoms with E-state index in [4.69, 9.17) is 4.42 Å². The van der Waals surface area contributed by atoms with Gasteiger partial charge in [0.15, 0.2) is 11.2 Å². The summed E-state index contributed by atoms with van der Waals surface area (Å²) in [6.07, 6.45) is 0. The van der Waals surface area contributed by atoms with E-state index in [0.717, 1.165) is 0 Å². The van der Waals surface area contributed by atoms with Crippen LogP contribution in [0, 0.1) is 5.41 Å². The fraction of sp³-hybridized carbons (Fsp3) is 0.412. The van der Waals surface area contributed by atoms with E-state index in [-0.39, 0.29) is 23.6 Å². The third-order valence-electron chi connectivity index (χ3n) is 4.68. The van der Waals surface area contributed by atoms with Crippen molar-refractivity contribution in [2.24, 2.45) is 5.41 Å². The van der Waals surface area contributed by atoms with Gasteiger partial charge in [-0.15, -0.1) is 0 Å². The molecule has 0 spiro atoms. The van der Waals surface area contributed by atoms with Crippen LogP contribution in [0.15, 0.2) is 39.5 Å². The van der Waals surface area contributed by atoms with Crippen LogP contribution >= 0.6 is 0 Å². The van der Waals surface area contributed by atoms with E-state index in [1.807, 2.05) is 13.8 Å². The van der Waals surface area contributed by atoms with E-state index >= 15 is 0 Å². The Morgan fingerprint density at radius 3 is 2.55 bits per heavy atom. The first-order valence-electron chi connectivity index (χ1n) is 7.26. The van der Waals surface area contributed by atoms with Crippen molar-refractivity contribution in [3.8, 4) is 0 Å². The molecule has 1 fully saturated rings. The van der Waals surface area contributed by atoms with Crippen molar-refractivity contribution in [2.45, 2.75) is 26.4 Å². The van der Waals surface area contributed by atoms with E-state index in [9.17, 15) is 14.7 Å². The zero-order valence-corrected chi connectivity index (χ0v) is 12.9. The SMILES string of the molecule is CC1(C)CN(C(=O)c2cc(=O)c3ccccc3o2)C[C@]1(C)O. The Kier molecular flexibility index (Phi) is 3.14. The molecule has 22 heavy (non-hydrogen) atoms. The van der Waals surface area contributed by atoms with Crippen LogP contribution in [-0.2, 0) is 0 Å². The van der Waals surface area contributed by atoms with Crippen molar-refractivity contribution in [3.63, 3.8) is 0 Å². The van der Waals surface area contributed by atoms with Gasteiger partial charge in [0, 0.05) is 18.0 Å². The first-order chi connectivity index (χ1) is 10.2. The minimum atomic E-state index is -0.972. The van der Waals surface area contributed by atoms with Crippen molar-refractivity contribution >= 4 is 16.9 Å². The molecule has 5 heteroatoms. The molecular formula is C17H19NO4. The van der Waals surface area contributed by atoms with Crippen LogP contribution in [-0.4, -0.2) is 34.6 Å². The lowest BCUT2D eigenvalue weighted by molar-refractivity contribution is -0.0108. The smallest absolute Gasteiger partial charge is 0.289 e. The Labute approximate surface area is 128 Å². The second-order valence-corrected chi connectivity index (χ2v) is 6.79. The van der Waals surface area contributed by atoms with Crippen LogP contribution in [0.4, 0.5) is 0 Å². The largest absolute Gasteiger partial charge is 0.451 e. The van der Waals surface area contributed by atoms with Gasteiger partial charge in [0.05, 0.1) is 17.5 Å². The normalized spacial score (nSPS) is 23.9. The summed E-state index contributed by atoms with van der Waals surface area (Å²) in [5.74, 6) is -0.356. The van der Waals surface area contributed by atoms with Gasteiger partial charge in [-0.3, -0.25) is 9.59 Å². The number of aliphatic hydroxyl groups is 1. The molecule has 1 aromatic heterocycles. The molecule has 1 N–H and O–H groups in total. The lowest BCUT2D eigenvalue weighted by atomic mass is 9.79. The number of rotatable bonds is 1. The molecule has 3 rings (SSSR count). The number of fused-ring (bicyclic) bond motifs is 1. The number of amides is 1. The van der Waals surface area contributed by atoms with Gasteiger partial charge in [-0.2, -0.15) is 0 Å². The number of β-amino-alcohol motifs (C(OH)–C–C–N with tert-alkyl or cyclic N) is 1. The minimum absolute atomic E-state index is 0.0113. The fourth-order valence-electron chi connectivity index (χ4n) is 2.80. The number of carbonyl (C=O) groups is 1. The van der Waals surface area contributed by atoms with Gasteiger partial charge in [-0.25, -0.2) is 0 Å². The van der Waals surface area contributed by atoms with Crippen LogP contribution in [0.5, 0.6) is 0 Å². The van der Waals surface area contributed by atoms with Crippen LogP contribution in [0.2, 0.25) is 0 Å². The third-order valence-corrected chi connectivity index (χ3v) is 4.68. The second-order valence-electron chi connectivity index (χ2n) is 6.79. The highest BCUT2D eigenvalue weighted by atomic mass is 16.3. The number of nitrogens with zero attached hydrogens (tertiary/aromatic N) is 1. The van der Waals surface area contributed by atoms with Crippen LogP contribution < -0.4 is 5.43 Å². The van der Waals surface area contributed by atoms with Crippen molar-refractivity contribution in [3.05, 3.63) is 46.3 Å². The van der Waals surface area contributed by atoms with E-state index in [0.29, 0.717) is 17.5 Å². The molecule has 0 saturated carbocycles. The summed E-state index contributed by atoms with van der Waals surface area (Å²) in [6.45, 7) is 6.18. The highest BCUT2D eigenvalue weighted by Gasteiger charge is 2.49. The van der Waals surface area contributed by atoms with Gasteiger partial charge >= 0.3 is 0 Å². The zero-order chi connectivity index (χ0) is 16.1. The Bertz CT molecular complexity index is 788. The first-order valence-corrected chi connectivity index (χ1v) is 7.26. The topological polar surface area (TPSA) is 70.8 Å². The molecule has 1 aromatic carbocycles. The molecule has 5 nitrogen and oxygen atoms in total. The summed E-state index contributed by atoms with van der Waals surface area (Å²) in [7, 11) is 0. The standard InChI is InChI=1S/C17H19NO4/c1-16(2)9-18(10-17(16,3)21)15(20)14-8-12(19)11-6-4-5-7-13(11)22-14/h4-8,21H,9-10H2,1-3H3/t17-/m0/s1. The molecule has 0 unspecified atom stereocenters. The van der Waals surface area contributed by atoms with Crippen molar-refractivity contribution in [2.75, 3.05) is 13.1 Å². The number of likely N-dealkylation sites (tertiary alicyclic amines) is 1. The lowest BCUT2D eigenvalue weighted by Gasteiger charge is -2.30. The van der Waals surface area contributed by atoms with Gasteiger partial charge in [-0.1, -0.05) is 26.0 Å². The predicted octanol–water partition coefficient (Wildman–Crippen LogP) is 2.03. The summed E-state index contributed by atoms with van der Waals surface area (Å²) in [5.41, 5.74) is -1.24. The van der Waals surface area contributed by atoms with E-state index in [1.165, 1.54) is 11.0 Å². The fourth-order valence-corrected chi connectivity index (χ4v) is 2.80. The summed E-state index contributed by atoms with van der Waals surface area (Å²) >= 11 is 0. The predicted molar refractivity (Wildman–Crippen MR) is 82.8 cm³/mol. The molecule has 0 bridgehead atoms. The van der Waals surface area contributed by atoms with E-state index in [1.54, 1.807) is 31.2 Å². The van der Waals surface area contributed by atoms with Crippen LogP contribution in [0.25, 0.3) is 11.0 Å². The minimum Gasteiger partial charge on any atom is -0.451 e. The average molecular weight is 301 g/mol. The second kappa shape index (κ2) is 4.68. The monoisotopic (exact) mass is 301 g/mol. The number of hydrogen-bond acceptors (Lipinski definition) is 4. The number of carbonyl (C=O) groups excluding carboxylic acids is 1. The maximum atomic E-state index is 12.6. The van der Waals surface area contributed by atoms with Gasteiger partial charge in [-0.05, 0) is 19.1 Å². The molecule has 116 valence electrons. The van der Waals surface area contributed by atoms with Gasteiger partial charge in [0.2, 0.25) is 0 Å². The summed E-state index contributed by atoms with van der Waals surface area (Å²) in [4.78, 5) is 26.2. The third kappa shape index (κ3) is 2.22. The molecule has 1 amide bonds. The summed E-state index contributed by atoms with van der Waals surface area (Å²) in [6, 6.07) is 8.06. The Morgan fingerprint density at radius 1 is 1.23 bits per heavy atom. The molecular weight excluding hydrogens is 282 g/mol. The zero-order valence-electron chi connectivity index (χ0n) is 12.9.